The first-order valence-corrected chi connectivity index (χ1v) is 7.08. The Kier molecular flexibility index (Phi) is 3.75. The summed E-state index contributed by atoms with van der Waals surface area (Å²) in [6.45, 7) is 2.25. The van der Waals surface area contributed by atoms with E-state index in [2.05, 4.69) is 46.4 Å². The van der Waals surface area contributed by atoms with E-state index in [1.54, 1.807) is 0 Å². The van der Waals surface area contributed by atoms with Crippen LogP contribution >= 0.6 is 27.7 Å². The van der Waals surface area contributed by atoms with Crippen LogP contribution in [0.15, 0.2) is 27.6 Å². The number of rotatable bonds is 3. The average molecular weight is 286 g/mol. The first-order valence-electron chi connectivity index (χ1n) is 5.30. The minimum Gasteiger partial charge on any atom is -0.317 e. The second-order valence-corrected chi connectivity index (χ2v) is 6.09. The van der Waals surface area contributed by atoms with Gasteiger partial charge in [0, 0.05) is 21.2 Å². The van der Waals surface area contributed by atoms with E-state index >= 15 is 0 Å². The van der Waals surface area contributed by atoms with Crippen LogP contribution in [0.3, 0.4) is 0 Å². The summed E-state index contributed by atoms with van der Waals surface area (Å²) in [5, 5.41) is 3.32. The number of nitrogens with one attached hydrogen (secondary N) is 1. The SMILES string of the molecule is CNC(C)CC1CSc2ccc(Br)cc21. The zero-order chi connectivity index (χ0) is 10.8. The van der Waals surface area contributed by atoms with Crippen molar-refractivity contribution in [1.82, 2.24) is 5.32 Å². The molecule has 1 nitrogen and oxygen atoms in total. The smallest absolute Gasteiger partial charge is 0.0178 e. The van der Waals surface area contributed by atoms with E-state index in [0.717, 1.165) is 0 Å². The van der Waals surface area contributed by atoms with Crippen molar-refractivity contribution < 1.29 is 0 Å². The maximum atomic E-state index is 3.55. The zero-order valence-electron chi connectivity index (χ0n) is 9.09. The fourth-order valence-corrected chi connectivity index (χ4v) is 3.62. The van der Waals surface area contributed by atoms with Gasteiger partial charge in [-0.05, 0) is 50.1 Å². The molecule has 0 aliphatic carbocycles. The number of fused-ring (bicyclic) bond motifs is 1. The summed E-state index contributed by atoms with van der Waals surface area (Å²) in [5.74, 6) is 1.95. The Morgan fingerprint density at radius 2 is 2.40 bits per heavy atom. The van der Waals surface area contributed by atoms with Gasteiger partial charge in [-0.15, -0.1) is 11.8 Å². The average Bonchev–Trinajstić information content (AvgIpc) is 2.61. The minimum absolute atomic E-state index is 0.598. The lowest BCUT2D eigenvalue weighted by Crippen LogP contribution is -2.23. The number of hydrogen-bond acceptors (Lipinski definition) is 2. The highest BCUT2D eigenvalue weighted by Gasteiger charge is 2.24. The molecule has 1 aliphatic rings. The first kappa shape index (κ1) is 11.5. The van der Waals surface area contributed by atoms with Gasteiger partial charge in [0.1, 0.15) is 0 Å². The molecule has 0 saturated heterocycles. The zero-order valence-corrected chi connectivity index (χ0v) is 11.5. The first-order chi connectivity index (χ1) is 7.20. The fraction of sp³-hybridized carbons (Fsp3) is 0.500. The Bertz CT molecular complexity index is 353. The van der Waals surface area contributed by atoms with E-state index in [0.29, 0.717) is 12.0 Å². The molecule has 0 radical (unpaired) electrons. The number of thioether (sulfide) groups is 1. The van der Waals surface area contributed by atoms with Gasteiger partial charge in [-0.2, -0.15) is 0 Å². The molecule has 2 rings (SSSR count). The quantitative estimate of drug-likeness (QED) is 0.910. The van der Waals surface area contributed by atoms with Gasteiger partial charge >= 0.3 is 0 Å². The Labute approximate surface area is 104 Å². The highest BCUT2D eigenvalue weighted by atomic mass is 79.9. The van der Waals surface area contributed by atoms with Gasteiger partial charge in [-0.3, -0.25) is 0 Å². The van der Waals surface area contributed by atoms with E-state index in [1.165, 1.54) is 27.1 Å². The normalized spacial score (nSPS) is 21.4. The van der Waals surface area contributed by atoms with Crippen LogP contribution in [0.1, 0.15) is 24.8 Å². The Morgan fingerprint density at radius 1 is 1.60 bits per heavy atom. The van der Waals surface area contributed by atoms with Crippen LogP contribution < -0.4 is 5.32 Å². The molecule has 1 N–H and O–H groups in total. The molecule has 1 aliphatic heterocycles. The molecule has 0 aromatic heterocycles. The maximum Gasteiger partial charge on any atom is 0.0178 e. The molecule has 0 saturated carbocycles. The molecule has 0 fully saturated rings. The molecular formula is C12H16BrNS. The third kappa shape index (κ3) is 2.58. The molecule has 1 aromatic carbocycles. The van der Waals surface area contributed by atoms with Crippen molar-refractivity contribution in [3.05, 3.63) is 28.2 Å². The third-order valence-electron chi connectivity index (χ3n) is 2.98. The second kappa shape index (κ2) is 4.89. The van der Waals surface area contributed by atoms with Crippen molar-refractivity contribution in [1.29, 1.82) is 0 Å². The van der Waals surface area contributed by atoms with Crippen LogP contribution in [-0.2, 0) is 0 Å². The molecular weight excluding hydrogens is 270 g/mol. The molecule has 0 bridgehead atoms. The molecule has 15 heavy (non-hydrogen) atoms. The molecule has 82 valence electrons. The Morgan fingerprint density at radius 3 is 3.13 bits per heavy atom. The Hall–Kier alpha value is 0.01000. The van der Waals surface area contributed by atoms with Crippen LogP contribution in [0.25, 0.3) is 0 Å². The molecule has 0 amide bonds. The molecule has 2 atom stereocenters. The highest BCUT2D eigenvalue weighted by molar-refractivity contribution is 9.10. The van der Waals surface area contributed by atoms with Gasteiger partial charge in [0.15, 0.2) is 0 Å². The highest BCUT2D eigenvalue weighted by Crippen LogP contribution is 2.42. The van der Waals surface area contributed by atoms with E-state index in [9.17, 15) is 0 Å². The lowest BCUT2D eigenvalue weighted by Gasteiger charge is -2.16. The predicted octanol–water partition coefficient (Wildman–Crippen LogP) is 3.64. The van der Waals surface area contributed by atoms with Crippen molar-refractivity contribution >= 4 is 27.7 Å². The standard InChI is InChI=1S/C12H16BrNS/c1-8(14-2)5-9-7-15-12-4-3-10(13)6-11(9)12/h3-4,6,8-9,14H,5,7H2,1-2H3. The summed E-state index contributed by atoms with van der Waals surface area (Å²) < 4.78 is 1.20. The van der Waals surface area contributed by atoms with Crippen LogP contribution in [-0.4, -0.2) is 18.8 Å². The van der Waals surface area contributed by atoms with Crippen molar-refractivity contribution in [2.75, 3.05) is 12.8 Å². The van der Waals surface area contributed by atoms with E-state index in [-0.39, 0.29) is 0 Å². The van der Waals surface area contributed by atoms with Gasteiger partial charge in [0.05, 0.1) is 0 Å². The van der Waals surface area contributed by atoms with Crippen molar-refractivity contribution in [2.45, 2.75) is 30.2 Å². The van der Waals surface area contributed by atoms with Gasteiger partial charge in [0.25, 0.3) is 0 Å². The van der Waals surface area contributed by atoms with Crippen LogP contribution in [0.2, 0.25) is 0 Å². The minimum atomic E-state index is 0.598. The molecule has 1 heterocycles. The number of benzene rings is 1. The van der Waals surface area contributed by atoms with Gasteiger partial charge < -0.3 is 5.32 Å². The van der Waals surface area contributed by atoms with Crippen molar-refractivity contribution in [3.63, 3.8) is 0 Å². The van der Waals surface area contributed by atoms with Crippen LogP contribution in [0, 0.1) is 0 Å². The predicted molar refractivity (Wildman–Crippen MR) is 70.7 cm³/mol. The van der Waals surface area contributed by atoms with Gasteiger partial charge in [-0.1, -0.05) is 15.9 Å². The van der Waals surface area contributed by atoms with Gasteiger partial charge in [-0.25, -0.2) is 0 Å². The maximum absolute atomic E-state index is 3.55. The summed E-state index contributed by atoms with van der Waals surface area (Å²) in [7, 11) is 2.04. The largest absolute Gasteiger partial charge is 0.317 e. The van der Waals surface area contributed by atoms with Crippen molar-refractivity contribution in [2.24, 2.45) is 0 Å². The third-order valence-corrected chi connectivity index (χ3v) is 4.73. The van der Waals surface area contributed by atoms with E-state index < -0.39 is 0 Å². The van der Waals surface area contributed by atoms with Gasteiger partial charge in [0.2, 0.25) is 0 Å². The van der Waals surface area contributed by atoms with Crippen molar-refractivity contribution in [3.8, 4) is 0 Å². The fourth-order valence-electron chi connectivity index (χ4n) is 1.99. The lowest BCUT2D eigenvalue weighted by molar-refractivity contribution is 0.520. The Balaban J connectivity index is 2.16. The summed E-state index contributed by atoms with van der Waals surface area (Å²) in [6.07, 6.45) is 1.23. The molecule has 1 aromatic rings. The van der Waals surface area contributed by atoms with E-state index in [4.69, 9.17) is 0 Å². The number of halogens is 1. The van der Waals surface area contributed by atoms with Crippen LogP contribution in [0.4, 0.5) is 0 Å². The topological polar surface area (TPSA) is 12.0 Å². The summed E-state index contributed by atoms with van der Waals surface area (Å²) >= 11 is 5.54. The summed E-state index contributed by atoms with van der Waals surface area (Å²) in [4.78, 5) is 1.46. The summed E-state index contributed by atoms with van der Waals surface area (Å²) in [5.41, 5.74) is 1.52. The molecule has 0 spiro atoms. The second-order valence-electron chi connectivity index (χ2n) is 4.12. The monoisotopic (exact) mass is 285 g/mol. The molecule has 2 unspecified atom stereocenters. The lowest BCUT2D eigenvalue weighted by atomic mass is 9.95. The number of hydrogen-bond donors (Lipinski definition) is 1. The molecule has 3 heteroatoms. The summed E-state index contributed by atoms with van der Waals surface area (Å²) in [6, 6.07) is 7.24. The van der Waals surface area contributed by atoms with Crippen LogP contribution in [0.5, 0.6) is 0 Å². The van der Waals surface area contributed by atoms with E-state index in [1.807, 2.05) is 18.8 Å².